The fourth-order valence-corrected chi connectivity index (χ4v) is 1.65. The maximum Gasteiger partial charge on any atom is 0.244 e. The second kappa shape index (κ2) is 8.15. The number of amides is 2. The molecule has 0 bridgehead atoms. The summed E-state index contributed by atoms with van der Waals surface area (Å²) in [6.07, 6.45) is 3.27. The van der Waals surface area contributed by atoms with Gasteiger partial charge in [-0.3, -0.25) is 9.59 Å². The third kappa shape index (κ3) is 6.18. The molecule has 4 nitrogen and oxygen atoms in total. The van der Waals surface area contributed by atoms with Gasteiger partial charge in [-0.25, -0.2) is 0 Å². The third-order valence-corrected chi connectivity index (χ3v) is 2.83. The lowest BCUT2D eigenvalue weighted by molar-refractivity contribution is -0.119. The van der Waals surface area contributed by atoms with E-state index in [4.69, 9.17) is 0 Å². The lowest BCUT2D eigenvalue weighted by Crippen LogP contribution is -2.32. The first kappa shape index (κ1) is 16.0. The molecule has 1 aromatic rings. The van der Waals surface area contributed by atoms with Crippen LogP contribution in [0.2, 0.25) is 0 Å². The van der Waals surface area contributed by atoms with E-state index in [1.54, 1.807) is 6.08 Å². The monoisotopic (exact) mass is 274 g/mol. The predicted octanol–water partition coefficient (Wildman–Crippen LogP) is 2.08. The van der Waals surface area contributed by atoms with E-state index < -0.39 is 0 Å². The lowest BCUT2D eigenvalue weighted by Gasteiger charge is -2.05. The molecule has 108 valence electrons. The second-order valence-electron chi connectivity index (χ2n) is 4.93. The first-order chi connectivity index (χ1) is 9.49. The van der Waals surface area contributed by atoms with Crippen molar-refractivity contribution in [3.05, 3.63) is 41.5 Å². The smallest absolute Gasteiger partial charge is 0.244 e. The van der Waals surface area contributed by atoms with E-state index in [0.717, 1.165) is 5.56 Å². The Morgan fingerprint density at radius 2 is 1.70 bits per heavy atom. The SMILES string of the molecule is CC(=O)NCCNC(=O)/C=C/c1ccc(C(C)C)cc1. The number of hydrogen-bond donors (Lipinski definition) is 2. The molecule has 20 heavy (non-hydrogen) atoms. The fraction of sp³-hybridized carbons (Fsp3) is 0.375. The van der Waals surface area contributed by atoms with Crippen molar-refractivity contribution in [2.75, 3.05) is 13.1 Å². The zero-order valence-corrected chi connectivity index (χ0v) is 12.3. The molecule has 0 saturated heterocycles. The first-order valence-electron chi connectivity index (χ1n) is 6.79. The summed E-state index contributed by atoms with van der Waals surface area (Å²) in [6.45, 7) is 6.61. The molecule has 0 aliphatic heterocycles. The topological polar surface area (TPSA) is 58.2 Å². The summed E-state index contributed by atoms with van der Waals surface area (Å²) >= 11 is 0. The summed E-state index contributed by atoms with van der Waals surface area (Å²) in [6, 6.07) is 8.13. The summed E-state index contributed by atoms with van der Waals surface area (Å²) in [5.41, 5.74) is 2.27. The van der Waals surface area contributed by atoms with Crippen LogP contribution in [0.15, 0.2) is 30.3 Å². The highest BCUT2D eigenvalue weighted by atomic mass is 16.2. The summed E-state index contributed by atoms with van der Waals surface area (Å²) in [5, 5.41) is 5.31. The Kier molecular flexibility index (Phi) is 6.50. The molecule has 0 fully saturated rings. The molecule has 0 aliphatic carbocycles. The minimum Gasteiger partial charge on any atom is -0.355 e. The van der Waals surface area contributed by atoms with E-state index in [-0.39, 0.29) is 11.8 Å². The molecular weight excluding hydrogens is 252 g/mol. The van der Waals surface area contributed by atoms with Crippen LogP contribution >= 0.6 is 0 Å². The highest BCUT2D eigenvalue weighted by Gasteiger charge is 1.98. The summed E-state index contributed by atoms with van der Waals surface area (Å²) < 4.78 is 0. The van der Waals surface area contributed by atoms with E-state index in [1.165, 1.54) is 18.6 Å². The Morgan fingerprint density at radius 1 is 1.10 bits per heavy atom. The van der Waals surface area contributed by atoms with E-state index in [0.29, 0.717) is 19.0 Å². The standard InChI is InChI=1S/C16H22N2O2/c1-12(2)15-7-4-14(5-8-15)6-9-16(20)18-11-10-17-13(3)19/h4-9,12H,10-11H2,1-3H3,(H,17,19)(H,18,20)/b9-6+. The van der Waals surface area contributed by atoms with E-state index in [2.05, 4.69) is 36.6 Å². The zero-order chi connectivity index (χ0) is 15.0. The van der Waals surface area contributed by atoms with Crippen molar-refractivity contribution >= 4 is 17.9 Å². The minimum absolute atomic E-state index is 0.0972. The average molecular weight is 274 g/mol. The highest BCUT2D eigenvalue weighted by molar-refractivity contribution is 5.91. The summed E-state index contributed by atoms with van der Waals surface area (Å²) in [5.74, 6) is 0.244. The van der Waals surface area contributed by atoms with Crippen molar-refractivity contribution in [1.82, 2.24) is 10.6 Å². The number of nitrogens with one attached hydrogen (secondary N) is 2. The van der Waals surface area contributed by atoms with Gasteiger partial charge in [0.15, 0.2) is 0 Å². The minimum atomic E-state index is -0.164. The van der Waals surface area contributed by atoms with Crippen LogP contribution in [0.4, 0.5) is 0 Å². The number of carbonyl (C=O) groups is 2. The van der Waals surface area contributed by atoms with E-state index >= 15 is 0 Å². The number of carbonyl (C=O) groups excluding carboxylic acids is 2. The molecular formula is C16H22N2O2. The van der Waals surface area contributed by atoms with E-state index in [1.807, 2.05) is 12.1 Å². The molecule has 0 aliphatic rings. The van der Waals surface area contributed by atoms with E-state index in [9.17, 15) is 9.59 Å². The van der Waals surface area contributed by atoms with Crippen LogP contribution in [0.5, 0.6) is 0 Å². The van der Waals surface area contributed by atoms with Gasteiger partial charge in [0, 0.05) is 26.1 Å². The van der Waals surface area contributed by atoms with Gasteiger partial charge in [-0.15, -0.1) is 0 Å². The number of hydrogen-bond acceptors (Lipinski definition) is 2. The number of benzene rings is 1. The molecule has 0 heterocycles. The molecule has 2 amide bonds. The Bertz CT molecular complexity index is 476. The van der Waals surface area contributed by atoms with Crippen LogP contribution in [0.25, 0.3) is 6.08 Å². The van der Waals surface area contributed by atoms with Crippen LogP contribution < -0.4 is 10.6 Å². The van der Waals surface area contributed by atoms with Gasteiger partial charge in [0.25, 0.3) is 0 Å². The highest BCUT2D eigenvalue weighted by Crippen LogP contribution is 2.15. The van der Waals surface area contributed by atoms with Crippen molar-refractivity contribution in [3.63, 3.8) is 0 Å². The molecule has 0 spiro atoms. The van der Waals surface area contributed by atoms with Crippen LogP contribution in [-0.4, -0.2) is 24.9 Å². The first-order valence-corrected chi connectivity index (χ1v) is 6.79. The molecule has 0 saturated carbocycles. The van der Waals surface area contributed by atoms with Crippen LogP contribution in [0, 0.1) is 0 Å². The van der Waals surface area contributed by atoms with Gasteiger partial charge in [-0.05, 0) is 23.1 Å². The summed E-state index contributed by atoms with van der Waals surface area (Å²) in [4.78, 5) is 22.2. The Balaban J connectivity index is 2.39. The zero-order valence-electron chi connectivity index (χ0n) is 12.3. The Hall–Kier alpha value is -2.10. The largest absolute Gasteiger partial charge is 0.355 e. The van der Waals surface area contributed by atoms with Gasteiger partial charge in [-0.2, -0.15) is 0 Å². The molecule has 1 rings (SSSR count). The van der Waals surface area contributed by atoms with Crippen molar-refractivity contribution in [3.8, 4) is 0 Å². The molecule has 0 radical (unpaired) electrons. The Labute approximate surface area is 120 Å². The Morgan fingerprint density at radius 3 is 2.25 bits per heavy atom. The average Bonchev–Trinajstić information content (AvgIpc) is 2.41. The maximum atomic E-state index is 11.5. The summed E-state index contributed by atoms with van der Waals surface area (Å²) in [7, 11) is 0. The molecule has 1 aromatic carbocycles. The van der Waals surface area contributed by atoms with Gasteiger partial charge < -0.3 is 10.6 Å². The quantitative estimate of drug-likeness (QED) is 0.616. The van der Waals surface area contributed by atoms with Gasteiger partial charge >= 0.3 is 0 Å². The number of rotatable bonds is 6. The second-order valence-corrected chi connectivity index (χ2v) is 4.93. The molecule has 2 N–H and O–H groups in total. The lowest BCUT2D eigenvalue weighted by atomic mass is 10.0. The van der Waals surface area contributed by atoms with Crippen LogP contribution in [-0.2, 0) is 9.59 Å². The molecule has 4 heteroatoms. The van der Waals surface area contributed by atoms with Gasteiger partial charge in [0.1, 0.15) is 0 Å². The fourth-order valence-electron chi connectivity index (χ4n) is 1.65. The normalized spacial score (nSPS) is 10.8. The molecule has 0 atom stereocenters. The van der Waals surface area contributed by atoms with Crippen molar-refractivity contribution in [1.29, 1.82) is 0 Å². The van der Waals surface area contributed by atoms with Crippen molar-refractivity contribution < 1.29 is 9.59 Å². The third-order valence-electron chi connectivity index (χ3n) is 2.83. The van der Waals surface area contributed by atoms with Gasteiger partial charge in [0.2, 0.25) is 11.8 Å². The molecule has 0 unspecified atom stereocenters. The van der Waals surface area contributed by atoms with Crippen LogP contribution in [0.3, 0.4) is 0 Å². The molecule has 0 aromatic heterocycles. The maximum absolute atomic E-state index is 11.5. The van der Waals surface area contributed by atoms with Crippen molar-refractivity contribution in [2.45, 2.75) is 26.7 Å². The van der Waals surface area contributed by atoms with Crippen molar-refractivity contribution in [2.24, 2.45) is 0 Å². The van der Waals surface area contributed by atoms with Gasteiger partial charge in [-0.1, -0.05) is 38.1 Å². The van der Waals surface area contributed by atoms with Gasteiger partial charge in [0.05, 0.1) is 0 Å². The predicted molar refractivity (Wildman–Crippen MR) is 81.3 cm³/mol. The van der Waals surface area contributed by atoms with Crippen LogP contribution in [0.1, 0.15) is 37.8 Å².